The molecule has 2 aliphatic heterocycles. The van der Waals surface area contributed by atoms with E-state index in [4.69, 9.17) is 5.73 Å². The van der Waals surface area contributed by atoms with E-state index >= 15 is 0 Å². The zero-order chi connectivity index (χ0) is 18.9. The minimum absolute atomic E-state index is 0.197. The molecule has 2 fully saturated rings. The average molecular weight is 385 g/mol. The lowest BCUT2D eigenvalue weighted by Gasteiger charge is -2.47. The molecule has 6 nitrogen and oxygen atoms in total. The van der Waals surface area contributed by atoms with Gasteiger partial charge in [0, 0.05) is 38.0 Å². The standard InChI is InChI=1S/C20H24N4O2S/c21-18(26)16-13-27-19(22-16)23-10-8-20(9-11-23)7-6-17(25)24(14-20)12-15-4-2-1-3-5-15/h1-5,13H,6-12,14H2,(H2,21,26). The van der Waals surface area contributed by atoms with Crippen LogP contribution in [0.15, 0.2) is 35.7 Å². The molecule has 1 aromatic carbocycles. The minimum Gasteiger partial charge on any atom is -0.364 e. The number of piperidine rings is 2. The predicted octanol–water partition coefficient (Wildman–Crippen LogP) is 2.65. The second kappa shape index (κ2) is 7.31. The van der Waals surface area contributed by atoms with Crippen LogP contribution in [-0.2, 0) is 11.3 Å². The quantitative estimate of drug-likeness (QED) is 0.879. The van der Waals surface area contributed by atoms with Crippen molar-refractivity contribution < 1.29 is 9.59 Å². The molecule has 2 aromatic rings. The smallest absolute Gasteiger partial charge is 0.268 e. The first-order valence-electron chi connectivity index (χ1n) is 9.37. The molecule has 2 aliphatic rings. The van der Waals surface area contributed by atoms with Crippen molar-refractivity contribution in [3.63, 3.8) is 0 Å². The molecule has 0 unspecified atom stereocenters. The molecule has 0 radical (unpaired) electrons. The van der Waals surface area contributed by atoms with Crippen LogP contribution < -0.4 is 10.6 Å². The van der Waals surface area contributed by atoms with Crippen molar-refractivity contribution in [2.24, 2.45) is 11.1 Å². The largest absolute Gasteiger partial charge is 0.364 e. The predicted molar refractivity (Wildman–Crippen MR) is 106 cm³/mol. The molecule has 0 aliphatic carbocycles. The average Bonchev–Trinajstić information content (AvgIpc) is 3.17. The molecular formula is C20H24N4O2S. The van der Waals surface area contributed by atoms with E-state index in [2.05, 4.69) is 22.0 Å². The van der Waals surface area contributed by atoms with Gasteiger partial charge in [-0.05, 0) is 30.2 Å². The number of benzene rings is 1. The maximum absolute atomic E-state index is 12.4. The van der Waals surface area contributed by atoms with Gasteiger partial charge in [-0.3, -0.25) is 9.59 Å². The molecule has 1 spiro atoms. The van der Waals surface area contributed by atoms with Gasteiger partial charge in [0.25, 0.3) is 5.91 Å². The number of primary amides is 1. The first kappa shape index (κ1) is 18.0. The molecule has 2 saturated heterocycles. The summed E-state index contributed by atoms with van der Waals surface area (Å²) >= 11 is 1.47. The Morgan fingerprint density at radius 2 is 1.93 bits per heavy atom. The Bertz CT molecular complexity index is 828. The molecule has 7 heteroatoms. The number of anilines is 1. The maximum Gasteiger partial charge on any atom is 0.268 e. The zero-order valence-corrected chi connectivity index (χ0v) is 16.1. The van der Waals surface area contributed by atoms with Crippen LogP contribution in [0.1, 0.15) is 41.7 Å². The highest BCUT2D eigenvalue weighted by atomic mass is 32.1. The van der Waals surface area contributed by atoms with Crippen molar-refractivity contribution in [2.45, 2.75) is 32.2 Å². The number of carbonyl (C=O) groups is 2. The number of amides is 2. The van der Waals surface area contributed by atoms with Gasteiger partial charge in [-0.15, -0.1) is 11.3 Å². The number of carbonyl (C=O) groups excluding carboxylic acids is 2. The Morgan fingerprint density at radius 3 is 2.59 bits per heavy atom. The molecule has 2 N–H and O–H groups in total. The van der Waals surface area contributed by atoms with E-state index in [-0.39, 0.29) is 11.3 Å². The second-order valence-corrected chi connectivity index (χ2v) is 8.44. The lowest BCUT2D eigenvalue weighted by molar-refractivity contribution is -0.139. The third-order valence-electron chi connectivity index (χ3n) is 5.80. The van der Waals surface area contributed by atoms with Crippen LogP contribution in [0.3, 0.4) is 0 Å². The molecule has 1 aromatic heterocycles. The van der Waals surface area contributed by atoms with E-state index in [1.54, 1.807) is 5.38 Å². The monoisotopic (exact) mass is 384 g/mol. The summed E-state index contributed by atoms with van der Waals surface area (Å²) in [5.74, 6) is -0.216. The first-order valence-corrected chi connectivity index (χ1v) is 10.2. The van der Waals surface area contributed by atoms with Crippen molar-refractivity contribution >= 4 is 28.3 Å². The Hall–Kier alpha value is -2.41. The van der Waals surface area contributed by atoms with E-state index in [0.717, 1.165) is 44.0 Å². The lowest BCUT2D eigenvalue weighted by atomic mass is 9.72. The number of likely N-dealkylation sites (tertiary alicyclic amines) is 1. The number of aromatic nitrogens is 1. The Morgan fingerprint density at radius 1 is 1.19 bits per heavy atom. The summed E-state index contributed by atoms with van der Waals surface area (Å²) in [6.07, 6.45) is 3.68. The van der Waals surface area contributed by atoms with Crippen LogP contribution in [0.25, 0.3) is 0 Å². The number of thiazole rings is 1. The maximum atomic E-state index is 12.4. The third-order valence-corrected chi connectivity index (χ3v) is 6.70. The Balaban J connectivity index is 1.40. The highest BCUT2D eigenvalue weighted by Gasteiger charge is 2.41. The fraction of sp³-hybridized carbons (Fsp3) is 0.450. The van der Waals surface area contributed by atoms with E-state index in [0.29, 0.717) is 18.7 Å². The van der Waals surface area contributed by atoms with Gasteiger partial charge in [0.1, 0.15) is 5.69 Å². The van der Waals surface area contributed by atoms with Crippen LogP contribution >= 0.6 is 11.3 Å². The summed E-state index contributed by atoms with van der Waals surface area (Å²) in [6, 6.07) is 10.2. The fourth-order valence-electron chi connectivity index (χ4n) is 4.15. The van der Waals surface area contributed by atoms with Crippen molar-refractivity contribution in [3.8, 4) is 0 Å². The van der Waals surface area contributed by atoms with E-state index in [9.17, 15) is 9.59 Å². The van der Waals surface area contributed by atoms with Gasteiger partial charge in [-0.2, -0.15) is 0 Å². The molecule has 0 saturated carbocycles. The van der Waals surface area contributed by atoms with Gasteiger partial charge in [0.2, 0.25) is 5.91 Å². The van der Waals surface area contributed by atoms with Gasteiger partial charge in [0.05, 0.1) is 0 Å². The summed E-state index contributed by atoms with van der Waals surface area (Å²) in [6.45, 7) is 3.33. The van der Waals surface area contributed by atoms with Gasteiger partial charge < -0.3 is 15.5 Å². The van der Waals surface area contributed by atoms with Gasteiger partial charge in [-0.25, -0.2) is 4.98 Å². The molecule has 27 heavy (non-hydrogen) atoms. The normalized spacial score (nSPS) is 19.5. The molecule has 0 atom stereocenters. The topological polar surface area (TPSA) is 79.5 Å². The lowest BCUT2D eigenvalue weighted by Crippen LogP contribution is -2.51. The van der Waals surface area contributed by atoms with Crippen LogP contribution in [0.4, 0.5) is 5.13 Å². The van der Waals surface area contributed by atoms with Gasteiger partial charge in [-0.1, -0.05) is 30.3 Å². The Kier molecular flexibility index (Phi) is 4.86. The molecule has 3 heterocycles. The SMILES string of the molecule is NC(=O)c1csc(N2CCC3(CCC(=O)N(Cc4ccccc4)C3)CC2)n1. The first-order chi connectivity index (χ1) is 13.0. The highest BCUT2D eigenvalue weighted by molar-refractivity contribution is 7.13. The molecule has 2 amide bonds. The summed E-state index contributed by atoms with van der Waals surface area (Å²) in [5, 5.41) is 2.59. The fourth-order valence-corrected chi connectivity index (χ4v) is 5.02. The van der Waals surface area contributed by atoms with E-state index in [1.807, 2.05) is 23.1 Å². The van der Waals surface area contributed by atoms with Gasteiger partial charge >= 0.3 is 0 Å². The summed E-state index contributed by atoms with van der Waals surface area (Å²) in [7, 11) is 0. The minimum atomic E-state index is -0.478. The Labute approximate surface area is 163 Å². The summed E-state index contributed by atoms with van der Waals surface area (Å²) < 4.78 is 0. The highest BCUT2D eigenvalue weighted by Crippen LogP contribution is 2.41. The van der Waals surface area contributed by atoms with Crippen LogP contribution in [0, 0.1) is 5.41 Å². The number of nitrogens with two attached hydrogens (primary N) is 1. The number of hydrogen-bond donors (Lipinski definition) is 1. The molecular weight excluding hydrogens is 360 g/mol. The molecule has 0 bridgehead atoms. The number of rotatable bonds is 4. The second-order valence-electron chi connectivity index (χ2n) is 7.60. The van der Waals surface area contributed by atoms with Crippen LogP contribution in [-0.4, -0.2) is 41.3 Å². The van der Waals surface area contributed by atoms with Crippen molar-refractivity contribution in [3.05, 3.63) is 47.0 Å². The van der Waals surface area contributed by atoms with Crippen LogP contribution in [0.2, 0.25) is 0 Å². The molecule has 4 rings (SSSR count). The summed E-state index contributed by atoms with van der Waals surface area (Å²) in [5.41, 5.74) is 7.03. The molecule has 142 valence electrons. The third kappa shape index (κ3) is 3.83. The van der Waals surface area contributed by atoms with Crippen molar-refractivity contribution in [1.29, 1.82) is 0 Å². The van der Waals surface area contributed by atoms with E-state index in [1.165, 1.54) is 16.9 Å². The number of hydrogen-bond acceptors (Lipinski definition) is 5. The van der Waals surface area contributed by atoms with Crippen molar-refractivity contribution in [1.82, 2.24) is 9.88 Å². The van der Waals surface area contributed by atoms with E-state index < -0.39 is 5.91 Å². The van der Waals surface area contributed by atoms with Crippen molar-refractivity contribution in [2.75, 3.05) is 24.5 Å². The zero-order valence-electron chi connectivity index (χ0n) is 15.3. The number of nitrogens with zero attached hydrogens (tertiary/aromatic N) is 3. The summed E-state index contributed by atoms with van der Waals surface area (Å²) in [4.78, 5) is 32.3. The van der Waals surface area contributed by atoms with Gasteiger partial charge in [0.15, 0.2) is 5.13 Å². The van der Waals surface area contributed by atoms with Crippen LogP contribution in [0.5, 0.6) is 0 Å².